The second kappa shape index (κ2) is 5.27. The van der Waals surface area contributed by atoms with Crippen molar-refractivity contribution in [2.45, 2.75) is 39.8 Å². The van der Waals surface area contributed by atoms with Gasteiger partial charge in [-0.1, -0.05) is 13.8 Å². The Balaban J connectivity index is 2.52. The Morgan fingerprint density at radius 1 is 1.18 bits per heavy atom. The van der Waals surface area contributed by atoms with Gasteiger partial charge in [0.15, 0.2) is 0 Å². The summed E-state index contributed by atoms with van der Waals surface area (Å²) in [5.41, 5.74) is 0. The van der Waals surface area contributed by atoms with Gasteiger partial charge in [-0.05, 0) is 31.6 Å². The first kappa shape index (κ1) is 14.3. The number of hydrogen-bond acceptors (Lipinski definition) is 1. The van der Waals surface area contributed by atoms with Crippen LogP contribution in [-0.2, 0) is 4.79 Å². The molecule has 1 aliphatic heterocycles. The predicted octanol–water partition coefficient (Wildman–Crippen LogP) is 3.08. The van der Waals surface area contributed by atoms with Crippen molar-refractivity contribution in [2.24, 2.45) is 17.8 Å². The van der Waals surface area contributed by atoms with Crippen LogP contribution in [0.1, 0.15) is 33.6 Å². The minimum atomic E-state index is -4.42. The van der Waals surface area contributed by atoms with Crippen molar-refractivity contribution in [3.63, 3.8) is 0 Å². The molecule has 2 nitrogen and oxygen atoms in total. The third-order valence-electron chi connectivity index (χ3n) is 3.66. The molecule has 17 heavy (non-hydrogen) atoms. The summed E-state index contributed by atoms with van der Waals surface area (Å²) in [6.07, 6.45) is -2.80. The topological polar surface area (TPSA) is 20.3 Å². The number of amides is 1. The Hall–Kier alpha value is -0.740. The van der Waals surface area contributed by atoms with E-state index in [1.54, 1.807) is 0 Å². The van der Waals surface area contributed by atoms with E-state index < -0.39 is 18.0 Å². The summed E-state index contributed by atoms with van der Waals surface area (Å²) in [6, 6.07) is 0. The molecule has 1 heterocycles. The number of carbonyl (C=O) groups excluding carboxylic acids is 1. The molecule has 1 atom stereocenters. The minimum absolute atomic E-state index is 0.460. The smallest absolute Gasteiger partial charge is 0.342 e. The van der Waals surface area contributed by atoms with Gasteiger partial charge >= 0.3 is 6.18 Å². The van der Waals surface area contributed by atoms with E-state index in [1.807, 2.05) is 0 Å². The van der Waals surface area contributed by atoms with Crippen LogP contribution >= 0.6 is 0 Å². The van der Waals surface area contributed by atoms with Crippen molar-refractivity contribution in [1.29, 1.82) is 0 Å². The van der Waals surface area contributed by atoms with E-state index in [0.29, 0.717) is 24.9 Å². The highest BCUT2D eigenvalue weighted by Crippen LogP contribution is 2.30. The Morgan fingerprint density at radius 3 is 2.00 bits per heavy atom. The van der Waals surface area contributed by atoms with Crippen LogP contribution in [0.5, 0.6) is 0 Å². The summed E-state index contributed by atoms with van der Waals surface area (Å²) in [5.74, 6) is -1.59. The number of carbonyl (C=O) groups is 1. The second-order valence-electron chi connectivity index (χ2n) is 5.17. The maximum absolute atomic E-state index is 12.4. The lowest BCUT2D eigenvalue weighted by Gasteiger charge is -2.35. The third kappa shape index (κ3) is 3.61. The fraction of sp³-hybridized carbons (Fsp3) is 0.917. The second-order valence-corrected chi connectivity index (χ2v) is 5.17. The number of alkyl halides is 3. The van der Waals surface area contributed by atoms with Gasteiger partial charge in [-0.2, -0.15) is 13.2 Å². The van der Waals surface area contributed by atoms with E-state index in [4.69, 9.17) is 0 Å². The van der Waals surface area contributed by atoms with Gasteiger partial charge in [0.1, 0.15) is 5.92 Å². The van der Waals surface area contributed by atoms with Crippen LogP contribution in [0.4, 0.5) is 13.2 Å². The van der Waals surface area contributed by atoms with E-state index in [2.05, 4.69) is 13.8 Å². The number of rotatable bonds is 2. The van der Waals surface area contributed by atoms with Crippen LogP contribution in [0, 0.1) is 17.8 Å². The van der Waals surface area contributed by atoms with E-state index in [-0.39, 0.29) is 0 Å². The molecule has 0 bridgehead atoms. The quantitative estimate of drug-likeness (QED) is 0.738. The molecule has 0 saturated carbocycles. The highest BCUT2D eigenvalue weighted by atomic mass is 19.4. The van der Waals surface area contributed by atoms with Gasteiger partial charge in [0.2, 0.25) is 5.91 Å². The largest absolute Gasteiger partial charge is 0.400 e. The molecular weight excluding hydrogens is 231 g/mol. The fourth-order valence-corrected chi connectivity index (χ4v) is 2.20. The first-order valence-electron chi connectivity index (χ1n) is 6.09. The maximum Gasteiger partial charge on any atom is 0.400 e. The van der Waals surface area contributed by atoms with Crippen LogP contribution in [0.15, 0.2) is 0 Å². The average Bonchev–Trinajstić information content (AvgIpc) is 2.26. The first-order chi connectivity index (χ1) is 7.73. The van der Waals surface area contributed by atoms with Gasteiger partial charge in [0.25, 0.3) is 0 Å². The molecule has 1 saturated heterocycles. The van der Waals surface area contributed by atoms with Gasteiger partial charge in [-0.3, -0.25) is 4.79 Å². The van der Waals surface area contributed by atoms with E-state index >= 15 is 0 Å². The zero-order chi connectivity index (χ0) is 13.2. The predicted molar refractivity (Wildman–Crippen MR) is 59.4 cm³/mol. The molecule has 0 radical (unpaired) electrons. The van der Waals surface area contributed by atoms with Crippen molar-refractivity contribution in [2.75, 3.05) is 13.1 Å². The average molecular weight is 251 g/mol. The molecule has 0 unspecified atom stereocenters. The van der Waals surface area contributed by atoms with E-state index in [1.165, 1.54) is 4.90 Å². The molecule has 1 amide bonds. The lowest BCUT2D eigenvalue weighted by molar-refractivity contribution is -0.186. The van der Waals surface area contributed by atoms with E-state index in [0.717, 1.165) is 19.8 Å². The number of hydrogen-bond donors (Lipinski definition) is 0. The molecule has 5 heteroatoms. The van der Waals surface area contributed by atoms with Gasteiger partial charge < -0.3 is 4.90 Å². The molecule has 0 aromatic rings. The molecule has 1 rings (SSSR count). The maximum atomic E-state index is 12.4. The molecule has 0 aromatic heterocycles. The number of nitrogens with zero attached hydrogens (tertiary/aromatic N) is 1. The molecule has 0 spiro atoms. The lowest BCUT2D eigenvalue weighted by Crippen LogP contribution is -2.45. The monoisotopic (exact) mass is 251 g/mol. The molecular formula is C12H20F3NO. The summed E-state index contributed by atoms with van der Waals surface area (Å²) < 4.78 is 37.2. The van der Waals surface area contributed by atoms with E-state index in [9.17, 15) is 18.0 Å². The lowest BCUT2D eigenvalue weighted by atomic mass is 9.86. The van der Waals surface area contributed by atoms with Gasteiger partial charge in [-0.25, -0.2) is 0 Å². The Bertz CT molecular complexity index is 267. The zero-order valence-electron chi connectivity index (χ0n) is 10.5. The Morgan fingerprint density at radius 2 is 1.65 bits per heavy atom. The standard InChI is InChI=1S/C12H20F3NO/c1-8(2)10-4-6-16(7-5-10)11(17)9(3)12(13,14)15/h8-10H,4-7H2,1-3H3/t9-/m0/s1. The summed E-state index contributed by atoms with van der Waals surface area (Å²) in [7, 11) is 0. The minimum Gasteiger partial charge on any atom is -0.342 e. The summed E-state index contributed by atoms with van der Waals surface area (Å²) in [5, 5.41) is 0. The van der Waals surface area contributed by atoms with Crippen LogP contribution in [0.2, 0.25) is 0 Å². The summed E-state index contributed by atoms with van der Waals surface area (Å²) in [6.45, 7) is 6.09. The highest BCUT2D eigenvalue weighted by Gasteiger charge is 2.43. The van der Waals surface area contributed by atoms with Crippen molar-refractivity contribution in [1.82, 2.24) is 4.90 Å². The van der Waals surface area contributed by atoms with Crippen LogP contribution in [-0.4, -0.2) is 30.1 Å². The van der Waals surface area contributed by atoms with Gasteiger partial charge in [-0.15, -0.1) is 0 Å². The molecule has 100 valence electrons. The first-order valence-corrected chi connectivity index (χ1v) is 6.09. The van der Waals surface area contributed by atoms with Crippen molar-refractivity contribution < 1.29 is 18.0 Å². The zero-order valence-corrected chi connectivity index (χ0v) is 10.5. The number of piperidine rings is 1. The summed E-state index contributed by atoms with van der Waals surface area (Å²) in [4.78, 5) is 13.0. The SMILES string of the molecule is CC(C)C1CCN(C(=O)[C@H](C)C(F)(F)F)CC1. The Labute approximate surface area is 100 Å². The molecule has 0 aliphatic carbocycles. The fourth-order valence-electron chi connectivity index (χ4n) is 2.20. The molecule has 1 fully saturated rings. The molecule has 0 aromatic carbocycles. The Kier molecular flexibility index (Phi) is 4.44. The van der Waals surface area contributed by atoms with Crippen LogP contribution in [0.3, 0.4) is 0 Å². The summed E-state index contributed by atoms with van der Waals surface area (Å²) >= 11 is 0. The molecule has 1 aliphatic rings. The van der Waals surface area contributed by atoms with Crippen LogP contribution in [0.25, 0.3) is 0 Å². The van der Waals surface area contributed by atoms with Crippen molar-refractivity contribution in [3.8, 4) is 0 Å². The van der Waals surface area contributed by atoms with Crippen molar-refractivity contribution in [3.05, 3.63) is 0 Å². The van der Waals surface area contributed by atoms with Crippen molar-refractivity contribution >= 4 is 5.91 Å². The van der Waals surface area contributed by atoms with Crippen LogP contribution < -0.4 is 0 Å². The van der Waals surface area contributed by atoms with Gasteiger partial charge in [0, 0.05) is 13.1 Å². The third-order valence-corrected chi connectivity index (χ3v) is 3.66. The number of halogens is 3. The van der Waals surface area contributed by atoms with Gasteiger partial charge in [0.05, 0.1) is 0 Å². The highest BCUT2D eigenvalue weighted by molar-refractivity contribution is 5.79. The normalized spacial score (nSPS) is 20.8. The molecule has 0 N–H and O–H groups in total. The number of likely N-dealkylation sites (tertiary alicyclic amines) is 1.